The lowest BCUT2D eigenvalue weighted by Crippen LogP contribution is -2.36. The fourth-order valence-electron chi connectivity index (χ4n) is 0.934. The van der Waals surface area contributed by atoms with Crippen LogP contribution in [0.5, 0.6) is 0 Å². The zero-order chi connectivity index (χ0) is 7.23. The number of hydrogen-bond acceptors (Lipinski definition) is 3. The Morgan fingerprint density at radius 3 is 3.10 bits per heavy atom. The minimum Gasteiger partial charge on any atom is -0.279 e. The van der Waals surface area contributed by atoms with Crippen molar-refractivity contribution in [3.8, 4) is 0 Å². The molecule has 4 heteroatoms. The Kier molecular flexibility index (Phi) is 3.18. The summed E-state index contributed by atoms with van der Waals surface area (Å²) in [6, 6.07) is 0. The summed E-state index contributed by atoms with van der Waals surface area (Å²) in [5, 5.41) is 1.49. The van der Waals surface area contributed by atoms with Crippen LogP contribution >= 0.6 is 0 Å². The van der Waals surface area contributed by atoms with Crippen molar-refractivity contribution in [3.63, 3.8) is 0 Å². The largest absolute Gasteiger partial charge is 0.279 e. The molecular formula is C6H12N2O2. The third kappa shape index (κ3) is 2.33. The Morgan fingerprint density at radius 2 is 2.30 bits per heavy atom. The van der Waals surface area contributed by atoms with E-state index in [1.807, 2.05) is 0 Å². The van der Waals surface area contributed by atoms with Crippen LogP contribution in [0.3, 0.4) is 0 Å². The molecule has 0 aliphatic carbocycles. The normalized spacial score (nSPS) is 21.6. The summed E-state index contributed by atoms with van der Waals surface area (Å²) in [5.41, 5.74) is 2.46. The highest BCUT2D eigenvalue weighted by Gasteiger charge is 2.06. The molecule has 0 aromatic heterocycles. The summed E-state index contributed by atoms with van der Waals surface area (Å²) < 4.78 is 0. The average Bonchev–Trinajstić information content (AvgIpc) is 2.17. The van der Waals surface area contributed by atoms with Crippen molar-refractivity contribution in [1.29, 1.82) is 0 Å². The Morgan fingerprint density at radius 1 is 1.40 bits per heavy atom. The third-order valence-corrected chi connectivity index (χ3v) is 1.45. The van der Waals surface area contributed by atoms with Gasteiger partial charge in [0.25, 0.3) is 0 Å². The third-order valence-electron chi connectivity index (χ3n) is 1.45. The number of carbonyl (C=O) groups is 1. The smallest absolute Gasteiger partial charge is 0.223 e. The minimum absolute atomic E-state index is 0.630. The van der Waals surface area contributed by atoms with Gasteiger partial charge in [-0.25, -0.2) is 0 Å². The van der Waals surface area contributed by atoms with Gasteiger partial charge < -0.3 is 0 Å². The van der Waals surface area contributed by atoms with Gasteiger partial charge in [0, 0.05) is 6.54 Å². The Bertz CT molecular complexity index is 99.9. The SMILES string of the molecule is O=CNN1CCCCCO1. The van der Waals surface area contributed by atoms with Crippen molar-refractivity contribution >= 4 is 6.41 Å². The highest BCUT2D eigenvalue weighted by Crippen LogP contribution is 2.03. The monoisotopic (exact) mass is 144 g/mol. The molecule has 1 aliphatic heterocycles. The number of amides is 1. The van der Waals surface area contributed by atoms with E-state index in [9.17, 15) is 4.79 Å². The van der Waals surface area contributed by atoms with Crippen LogP contribution in [-0.2, 0) is 9.63 Å². The van der Waals surface area contributed by atoms with E-state index in [0.29, 0.717) is 13.0 Å². The zero-order valence-electron chi connectivity index (χ0n) is 5.88. The fourth-order valence-corrected chi connectivity index (χ4v) is 0.934. The quantitative estimate of drug-likeness (QED) is 0.557. The highest BCUT2D eigenvalue weighted by atomic mass is 16.7. The second-order valence-corrected chi connectivity index (χ2v) is 2.24. The number of carbonyl (C=O) groups excluding carboxylic acids is 1. The van der Waals surface area contributed by atoms with Crippen molar-refractivity contribution < 1.29 is 9.63 Å². The van der Waals surface area contributed by atoms with Gasteiger partial charge in [0.1, 0.15) is 0 Å². The van der Waals surface area contributed by atoms with E-state index < -0.39 is 0 Å². The lowest BCUT2D eigenvalue weighted by Gasteiger charge is -2.15. The van der Waals surface area contributed by atoms with Crippen LogP contribution in [0.2, 0.25) is 0 Å². The predicted molar refractivity (Wildman–Crippen MR) is 35.7 cm³/mol. The number of nitrogens with zero attached hydrogens (tertiary/aromatic N) is 1. The van der Waals surface area contributed by atoms with Crippen LogP contribution in [0.15, 0.2) is 0 Å². The van der Waals surface area contributed by atoms with Crippen molar-refractivity contribution in [3.05, 3.63) is 0 Å². The van der Waals surface area contributed by atoms with E-state index in [2.05, 4.69) is 5.43 Å². The molecule has 1 heterocycles. The van der Waals surface area contributed by atoms with Gasteiger partial charge in [-0.3, -0.25) is 15.1 Å². The van der Waals surface area contributed by atoms with Gasteiger partial charge in [-0.05, 0) is 19.3 Å². The molecule has 0 saturated carbocycles. The summed E-state index contributed by atoms with van der Waals surface area (Å²) in [5.74, 6) is 0. The first-order chi connectivity index (χ1) is 4.93. The summed E-state index contributed by atoms with van der Waals surface area (Å²) in [6.45, 7) is 1.50. The van der Waals surface area contributed by atoms with E-state index in [1.165, 1.54) is 11.6 Å². The first-order valence-electron chi connectivity index (χ1n) is 3.54. The van der Waals surface area contributed by atoms with Crippen LogP contribution in [0, 0.1) is 0 Å². The van der Waals surface area contributed by atoms with E-state index in [0.717, 1.165) is 19.4 Å². The predicted octanol–water partition coefficient (Wildman–Crippen LogP) is 0.0649. The number of nitrogens with one attached hydrogen (secondary N) is 1. The standard InChI is InChI=1S/C6H12N2O2/c9-6-7-8-4-2-1-3-5-10-8/h6H,1-5H2,(H,7,9). The van der Waals surface area contributed by atoms with Gasteiger partial charge in [0.2, 0.25) is 6.41 Å². The Hall–Kier alpha value is -0.610. The first-order valence-corrected chi connectivity index (χ1v) is 3.54. The van der Waals surface area contributed by atoms with E-state index in [1.54, 1.807) is 0 Å². The van der Waals surface area contributed by atoms with Crippen molar-refractivity contribution in [2.75, 3.05) is 13.2 Å². The molecule has 0 spiro atoms. The number of hydrogen-bond donors (Lipinski definition) is 1. The number of rotatable bonds is 2. The maximum Gasteiger partial charge on any atom is 0.223 e. The second kappa shape index (κ2) is 4.24. The molecule has 0 unspecified atom stereocenters. The second-order valence-electron chi connectivity index (χ2n) is 2.24. The van der Waals surface area contributed by atoms with Crippen LogP contribution < -0.4 is 5.43 Å². The molecular weight excluding hydrogens is 132 g/mol. The molecule has 4 nitrogen and oxygen atoms in total. The molecule has 1 aliphatic rings. The van der Waals surface area contributed by atoms with E-state index >= 15 is 0 Å². The molecule has 58 valence electrons. The van der Waals surface area contributed by atoms with Crippen LogP contribution in [-0.4, -0.2) is 24.7 Å². The number of hydroxylamine groups is 1. The van der Waals surface area contributed by atoms with Gasteiger partial charge in [-0.2, -0.15) is 0 Å². The molecule has 0 bridgehead atoms. The lowest BCUT2D eigenvalue weighted by atomic mass is 10.2. The van der Waals surface area contributed by atoms with Crippen molar-refractivity contribution in [1.82, 2.24) is 10.6 Å². The Labute approximate surface area is 60.1 Å². The molecule has 0 atom stereocenters. The summed E-state index contributed by atoms with van der Waals surface area (Å²) in [6.07, 6.45) is 3.97. The van der Waals surface area contributed by atoms with Gasteiger partial charge in [0.15, 0.2) is 0 Å². The van der Waals surface area contributed by atoms with E-state index in [4.69, 9.17) is 4.84 Å². The molecule has 10 heavy (non-hydrogen) atoms. The lowest BCUT2D eigenvalue weighted by molar-refractivity contribution is -0.188. The van der Waals surface area contributed by atoms with Crippen LogP contribution in [0.4, 0.5) is 0 Å². The average molecular weight is 144 g/mol. The summed E-state index contributed by atoms with van der Waals surface area (Å²) in [7, 11) is 0. The number of hydrazine groups is 1. The molecule has 0 radical (unpaired) electrons. The molecule has 1 N–H and O–H groups in total. The molecule has 0 aromatic carbocycles. The van der Waals surface area contributed by atoms with Crippen LogP contribution in [0.25, 0.3) is 0 Å². The maximum absolute atomic E-state index is 9.95. The molecule has 1 saturated heterocycles. The topological polar surface area (TPSA) is 41.6 Å². The summed E-state index contributed by atoms with van der Waals surface area (Å²) in [4.78, 5) is 15.1. The van der Waals surface area contributed by atoms with Crippen molar-refractivity contribution in [2.24, 2.45) is 0 Å². The van der Waals surface area contributed by atoms with Gasteiger partial charge in [0.05, 0.1) is 6.61 Å². The highest BCUT2D eigenvalue weighted by molar-refractivity contribution is 5.44. The van der Waals surface area contributed by atoms with Gasteiger partial charge in [-0.1, -0.05) is 5.17 Å². The first kappa shape index (κ1) is 7.50. The molecule has 1 rings (SSSR count). The molecule has 0 aromatic rings. The molecule has 1 amide bonds. The van der Waals surface area contributed by atoms with Gasteiger partial charge >= 0.3 is 0 Å². The minimum atomic E-state index is 0.630. The fraction of sp³-hybridized carbons (Fsp3) is 0.833. The summed E-state index contributed by atoms with van der Waals surface area (Å²) >= 11 is 0. The van der Waals surface area contributed by atoms with Crippen molar-refractivity contribution in [2.45, 2.75) is 19.3 Å². The Balaban J connectivity index is 2.21. The van der Waals surface area contributed by atoms with E-state index in [-0.39, 0.29) is 0 Å². The van der Waals surface area contributed by atoms with Gasteiger partial charge in [-0.15, -0.1) is 0 Å². The zero-order valence-corrected chi connectivity index (χ0v) is 5.88. The molecule has 1 fully saturated rings. The maximum atomic E-state index is 9.95. The van der Waals surface area contributed by atoms with Crippen LogP contribution in [0.1, 0.15) is 19.3 Å².